The van der Waals surface area contributed by atoms with Gasteiger partial charge in [-0.05, 0) is 25.0 Å². The number of piperidine rings is 1. The van der Waals surface area contributed by atoms with E-state index in [4.69, 9.17) is 5.73 Å². The molecule has 0 aliphatic carbocycles. The highest BCUT2D eigenvalue weighted by molar-refractivity contribution is 7.15. The standard InChI is InChI=1S/C18H17FN4O2S/c19-13-5-1-3-11(7-13)14-9-23-15(10-26-18(23)21-14)17(25)22-6-2-4-12(8-22)16(20)24/h1,3,5,7,9-10,12H,2,4,6,8H2,(H2,20,24)/t12-/m0/s1. The number of primary amides is 1. The highest BCUT2D eigenvalue weighted by Gasteiger charge is 2.29. The van der Waals surface area contributed by atoms with E-state index in [-0.39, 0.29) is 23.5 Å². The quantitative estimate of drug-likeness (QED) is 0.767. The van der Waals surface area contributed by atoms with Gasteiger partial charge in [0.25, 0.3) is 5.91 Å². The molecule has 1 aliphatic rings. The van der Waals surface area contributed by atoms with Crippen molar-refractivity contribution in [1.82, 2.24) is 14.3 Å². The summed E-state index contributed by atoms with van der Waals surface area (Å²) in [5.74, 6) is -1.15. The Hall–Kier alpha value is -2.74. The molecule has 26 heavy (non-hydrogen) atoms. The van der Waals surface area contributed by atoms with Crippen molar-refractivity contribution < 1.29 is 14.0 Å². The van der Waals surface area contributed by atoms with Crippen molar-refractivity contribution in [3.63, 3.8) is 0 Å². The molecule has 1 atom stereocenters. The average Bonchev–Trinajstić information content (AvgIpc) is 3.22. The highest BCUT2D eigenvalue weighted by atomic mass is 32.1. The Bertz CT molecular complexity index is 996. The zero-order valence-electron chi connectivity index (χ0n) is 13.9. The number of thiazole rings is 1. The van der Waals surface area contributed by atoms with Crippen molar-refractivity contribution in [1.29, 1.82) is 0 Å². The molecule has 2 N–H and O–H groups in total. The Morgan fingerprint density at radius 3 is 2.96 bits per heavy atom. The summed E-state index contributed by atoms with van der Waals surface area (Å²) in [6.45, 7) is 0.947. The van der Waals surface area contributed by atoms with Gasteiger partial charge in [0.15, 0.2) is 4.96 Å². The van der Waals surface area contributed by atoms with Crippen molar-refractivity contribution in [2.24, 2.45) is 11.7 Å². The lowest BCUT2D eigenvalue weighted by molar-refractivity contribution is -0.123. The monoisotopic (exact) mass is 372 g/mol. The van der Waals surface area contributed by atoms with Gasteiger partial charge in [-0.1, -0.05) is 12.1 Å². The maximum absolute atomic E-state index is 13.5. The van der Waals surface area contributed by atoms with Gasteiger partial charge in [0.1, 0.15) is 11.5 Å². The Kier molecular flexibility index (Phi) is 4.20. The lowest BCUT2D eigenvalue weighted by atomic mass is 9.97. The van der Waals surface area contributed by atoms with Crippen LogP contribution in [0, 0.1) is 11.7 Å². The van der Waals surface area contributed by atoms with Gasteiger partial charge in [-0.3, -0.25) is 14.0 Å². The Labute approximate surface area is 153 Å². The van der Waals surface area contributed by atoms with Crippen LogP contribution in [0.5, 0.6) is 0 Å². The summed E-state index contributed by atoms with van der Waals surface area (Å²) in [7, 11) is 0. The number of carbonyl (C=O) groups excluding carboxylic acids is 2. The van der Waals surface area contributed by atoms with E-state index < -0.39 is 0 Å². The third-order valence-corrected chi connectivity index (χ3v) is 5.50. The molecule has 8 heteroatoms. The first-order valence-corrected chi connectivity index (χ1v) is 9.22. The number of imidazole rings is 1. The first-order chi connectivity index (χ1) is 12.5. The SMILES string of the molecule is NC(=O)[C@H]1CCCN(C(=O)c2csc3nc(-c4cccc(F)c4)cn23)C1. The number of hydrogen-bond donors (Lipinski definition) is 1. The summed E-state index contributed by atoms with van der Waals surface area (Å²) >= 11 is 1.35. The number of nitrogens with two attached hydrogens (primary N) is 1. The van der Waals surface area contributed by atoms with E-state index in [0.717, 1.165) is 6.42 Å². The zero-order chi connectivity index (χ0) is 18.3. The second-order valence-electron chi connectivity index (χ2n) is 6.40. The molecule has 0 saturated carbocycles. The van der Waals surface area contributed by atoms with Crippen molar-refractivity contribution in [2.45, 2.75) is 12.8 Å². The molecule has 1 fully saturated rings. The van der Waals surface area contributed by atoms with Gasteiger partial charge in [0, 0.05) is 30.2 Å². The lowest BCUT2D eigenvalue weighted by Gasteiger charge is -2.30. The van der Waals surface area contributed by atoms with Gasteiger partial charge in [-0.2, -0.15) is 0 Å². The molecule has 134 valence electrons. The summed E-state index contributed by atoms with van der Waals surface area (Å²) in [6.07, 6.45) is 3.21. The second kappa shape index (κ2) is 6.53. The van der Waals surface area contributed by atoms with Crippen LogP contribution in [0.4, 0.5) is 4.39 Å². The molecule has 1 saturated heterocycles. The topological polar surface area (TPSA) is 80.7 Å². The van der Waals surface area contributed by atoms with Crippen molar-refractivity contribution >= 4 is 28.1 Å². The minimum atomic E-state index is -0.367. The number of hydrogen-bond acceptors (Lipinski definition) is 4. The van der Waals surface area contributed by atoms with E-state index in [1.807, 2.05) is 0 Å². The molecular formula is C18H17FN4O2S. The van der Waals surface area contributed by atoms with Gasteiger partial charge < -0.3 is 10.6 Å². The van der Waals surface area contributed by atoms with Crippen LogP contribution in [0.1, 0.15) is 23.3 Å². The number of likely N-dealkylation sites (tertiary alicyclic amines) is 1. The molecule has 0 unspecified atom stereocenters. The molecule has 1 aromatic carbocycles. The molecule has 3 heterocycles. The van der Waals surface area contributed by atoms with Gasteiger partial charge >= 0.3 is 0 Å². The number of rotatable bonds is 3. The summed E-state index contributed by atoms with van der Waals surface area (Å²) in [4.78, 5) is 31.2. The van der Waals surface area contributed by atoms with Crippen molar-refractivity contribution in [3.05, 3.63) is 47.4 Å². The minimum Gasteiger partial charge on any atom is -0.369 e. The maximum atomic E-state index is 13.5. The number of amides is 2. The van der Waals surface area contributed by atoms with E-state index in [9.17, 15) is 14.0 Å². The third-order valence-electron chi connectivity index (χ3n) is 4.66. The van der Waals surface area contributed by atoms with Crippen molar-refractivity contribution in [2.75, 3.05) is 13.1 Å². The third kappa shape index (κ3) is 2.96. The maximum Gasteiger partial charge on any atom is 0.271 e. The van der Waals surface area contributed by atoms with Crippen LogP contribution < -0.4 is 5.73 Å². The van der Waals surface area contributed by atoms with Gasteiger partial charge in [-0.25, -0.2) is 9.37 Å². The smallest absolute Gasteiger partial charge is 0.271 e. The Morgan fingerprint density at radius 1 is 1.35 bits per heavy atom. The molecule has 4 rings (SSSR count). The van der Waals surface area contributed by atoms with Crippen LogP contribution in [0.25, 0.3) is 16.2 Å². The van der Waals surface area contributed by atoms with Crippen LogP contribution >= 0.6 is 11.3 Å². The molecule has 0 spiro atoms. The first-order valence-electron chi connectivity index (χ1n) is 8.34. The molecule has 3 aromatic rings. The lowest BCUT2D eigenvalue weighted by Crippen LogP contribution is -2.44. The summed E-state index contributed by atoms with van der Waals surface area (Å²) in [6, 6.07) is 6.19. The van der Waals surface area contributed by atoms with Gasteiger partial charge in [0.05, 0.1) is 11.6 Å². The van der Waals surface area contributed by atoms with Crippen LogP contribution in [0.2, 0.25) is 0 Å². The normalized spacial score (nSPS) is 17.6. The van der Waals surface area contributed by atoms with Crippen LogP contribution in [-0.2, 0) is 4.79 Å². The molecule has 2 aromatic heterocycles. The van der Waals surface area contributed by atoms with Crippen molar-refractivity contribution in [3.8, 4) is 11.3 Å². The fraction of sp³-hybridized carbons (Fsp3) is 0.278. The Balaban J connectivity index is 1.64. The summed E-state index contributed by atoms with van der Waals surface area (Å²) in [5.41, 5.74) is 7.16. The molecule has 0 radical (unpaired) electrons. The Morgan fingerprint density at radius 2 is 2.19 bits per heavy atom. The molecule has 0 bridgehead atoms. The molecule has 6 nitrogen and oxygen atoms in total. The minimum absolute atomic E-state index is 0.148. The zero-order valence-corrected chi connectivity index (χ0v) is 14.7. The van der Waals surface area contributed by atoms with E-state index in [0.29, 0.717) is 41.4 Å². The van der Waals surface area contributed by atoms with E-state index in [1.54, 1.807) is 33.0 Å². The number of nitrogens with zero attached hydrogens (tertiary/aromatic N) is 3. The predicted molar refractivity (Wildman–Crippen MR) is 96.3 cm³/mol. The summed E-state index contributed by atoms with van der Waals surface area (Å²) < 4.78 is 15.2. The first kappa shape index (κ1) is 16.7. The fourth-order valence-corrected chi connectivity index (χ4v) is 4.13. The average molecular weight is 372 g/mol. The number of benzene rings is 1. The number of fused-ring (bicyclic) bond motifs is 1. The predicted octanol–water partition coefficient (Wildman–Crippen LogP) is 2.54. The fourth-order valence-electron chi connectivity index (χ4n) is 3.28. The van der Waals surface area contributed by atoms with E-state index in [2.05, 4.69) is 4.98 Å². The molecular weight excluding hydrogens is 355 g/mol. The van der Waals surface area contributed by atoms with Crippen LogP contribution in [0.15, 0.2) is 35.8 Å². The molecule has 2 amide bonds. The van der Waals surface area contributed by atoms with Gasteiger partial charge in [0.2, 0.25) is 5.91 Å². The van der Waals surface area contributed by atoms with Crippen LogP contribution in [-0.4, -0.2) is 39.2 Å². The van der Waals surface area contributed by atoms with Crippen LogP contribution in [0.3, 0.4) is 0 Å². The largest absolute Gasteiger partial charge is 0.369 e. The summed E-state index contributed by atoms with van der Waals surface area (Å²) in [5, 5.41) is 1.76. The molecule has 1 aliphatic heterocycles. The number of halogens is 1. The number of carbonyl (C=O) groups is 2. The second-order valence-corrected chi connectivity index (χ2v) is 7.24. The van der Waals surface area contributed by atoms with Gasteiger partial charge in [-0.15, -0.1) is 11.3 Å². The number of aromatic nitrogens is 2. The van der Waals surface area contributed by atoms with E-state index >= 15 is 0 Å². The highest BCUT2D eigenvalue weighted by Crippen LogP contribution is 2.26. The van der Waals surface area contributed by atoms with E-state index in [1.165, 1.54) is 23.5 Å².